The Labute approximate surface area is 115 Å². The molecule has 0 heterocycles. The number of rotatable bonds is 9. The van der Waals surface area contributed by atoms with Crippen molar-refractivity contribution in [3.8, 4) is 0 Å². The molecule has 1 N–H and O–H groups in total. The fourth-order valence-corrected chi connectivity index (χ4v) is 1.66. The second kappa shape index (κ2) is 7.27. The van der Waals surface area contributed by atoms with Gasteiger partial charge in [0.25, 0.3) is 0 Å². The van der Waals surface area contributed by atoms with E-state index in [-0.39, 0.29) is 11.7 Å². The molecule has 0 saturated carbocycles. The highest BCUT2D eigenvalue weighted by Crippen LogP contribution is 2.18. The Morgan fingerprint density at radius 3 is 2.28 bits per heavy atom. The number of carbonyl (C=O) groups excluding carboxylic acids is 1. The molecule has 18 heavy (non-hydrogen) atoms. The van der Waals surface area contributed by atoms with Gasteiger partial charge in [0.2, 0.25) is 0 Å². The molecule has 0 atom stereocenters. The molecule has 0 aromatic heterocycles. The van der Waals surface area contributed by atoms with Crippen molar-refractivity contribution in [2.75, 3.05) is 12.5 Å². The van der Waals surface area contributed by atoms with Gasteiger partial charge in [0.05, 0.1) is 11.5 Å². The van der Waals surface area contributed by atoms with Gasteiger partial charge < -0.3 is 9.84 Å². The van der Waals surface area contributed by atoms with Gasteiger partial charge in [0, 0.05) is 12.2 Å². The van der Waals surface area contributed by atoms with Gasteiger partial charge in [0.1, 0.15) is 5.60 Å². The summed E-state index contributed by atoms with van der Waals surface area (Å²) < 4.78 is 5.58. The second-order valence-corrected chi connectivity index (χ2v) is 5.96. The van der Waals surface area contributed by atoms with Crippen molar-refractivity contribution >= 4 is 17.4 Å². The van der Waals surface area contributed by atoms with E-state index in [0.717, 1.165) is 19.3 Å². The normalized spacial score (nSPS) is 12.6. The Kier molecular flexibility index (Phi) is 7.11. The standard InChI is InChI=1S/C14H25ClO3/c1-11(10-15)12(16)14(4,5)18-9-7-6-8-13(2,3)17/h17H,1,6-10H2,2-5H3. The number of aliphatic hydroxyl groups is 1. The molecule has 0 bridgehead atoms. The highest BCUT2D eigenvalue weighted by molar-refractivity contribution is 6.23. The third kappa shape index (κ3) is 7.14. The van der Waals surface area contributed by atoms with E-state index in [0.29, 0.717) is 12.2 Å². The lowest BCUT2D eigenvalue weighted by Crippen LogP contribution is -2.36. The van der Waals surface area contributed by atoms with Crippen molar-refractivity contribution in [2.45, 2.75) is 58.2 Å². The van der Waals surface area contributed by atoms with Crippen molar-refractivity contribution in [3.05, 3.63) is 12.2 Å². The van der Waals surface area contributed by atoms with Crippen molar-refractivity contribution < 1.29 is 14.6 Å². The summed E-state index contributed by atoms with van der Waals surface area (Å²) in [5, 5.41) is 9.55. The van der Waals surface area contributed by atoms with Crippen LogP contribution < -0.4 is 0 Å². The summed E-state index contributed by atoms with van der Waals surface area (Å²) in [6, 6.07) is 0. The van der Waals surface area contributed by atoms with Crippen LogP contribution in [0.15, 0.2) is 12.2 Å². The van der Waals surface area contributed by atoms with E-state index in [2.05, 4.69) is 6.58 Å². The molecule has 0 radical (unpaired) electrons. The Morgan fingerprint density at radius 2 is 1.83 bits per heavy atom. The highest BCUT2D eigenvalue weighted by atomic mass is 35.5. The molecule has 0 aromatic carbocycles. The molecule has 0 fully saturated rings. The molecule has 4 heteroatoms. The number of carbonyl (C=O) groups is 1. The summed E-state index contributed by atoms with van der Waals surface area (Å²) >= 11 is 5.58. The lowest BCUT2D eigenvalue weighted by molar-refractivity contribution is -0.136. The van der Waals surface area contributed by atoms with Crippen LogP contribution in [0.25, 0.3) is 0 Å². The zero-order chi connectivity index (χ0) is 14.4. The molecule has 0 aromatic rings. The van der Waals surface area contributed by atoms with Gasteiger partial charge in [-0.05, 0) is 47.0 Å². The van der Waals surface area contributed by atoms with E-state index in [9.17, 15) is 9.90 Å². The molecule has 106 valence electrons. The van der Waals surface area contributed by atoms with Crippen LogP contribution >= 0.6 is 11.6 Å². The van der Waals surface area contributed by atoms with Crippen LogP contribution in [0, 0.1) is 0 Å². The smallest absolute Gasteiger partial charge is 0.190 e. The van der Waals surface area contributed by atoms with Crippen LogP contribution in [0.2, 0.25) is 0 Å². The van der Waals surface area contributed by atoms with Gasteiger partial charge in [-0.15, -0.1) is 11.6 Å². The number of ether oxygens (including phenoxy) is 1. The summed E-state index contributed by atoms with van der Waals surface area (Å²) in [7, 11) is 0. The molecule has 0 aliphatic rings. The number of hydrogen-bond acceptors (Lipinski definition) is 3. The lowest BCUT2D eigenvalue weighted by atomic mass is 9.98. The van der Waals surface area contributed by atoms with E-state index in [4.69, 9.17) is 16.3 Å². The summed E-state index contributed by atoms with van der Waals surface area (Å²) in [5.74, 6) is -0.0235. The van der Waals surface area contributed by atoms with E-state index in [1.807, 2.05) is 0 Å². The molecule has 0 aliphatic heterocycles. The van der Waals surface area contributed by atoms with Gasteiger partial charge in [-0.3, -0.25) is 4.79 Å². The zero-order valence-corrected chi connectivity index (χ0v) is 12.6. The predicted molar refractivity (Wildman–Crippen MR) is 75.0 cm³/mol. The van der Waals surface area contributed by atoms with Crippen LogP contribution in [0.5, 0.6) is 0 Å². The van der Waals surface area contributed by atoms with Crippen LogP contribution in [-0.2, 0) is 9.53 Å². The zero-order valence-electron chi connectivity index (χ0n) is 11.9. The van der Waals surface area contributed by atoms with Crippen LogP contribution in [0.1, 0.15) is 47.0 Å². The molecular weight excluding hydrogens is 252 g/mol. The van der Waals surface area contributed by atoms with Gasteiger partial charge >= 0.3 is 0 Å². The number of halogens is 1. The van der Waals surface area contributed by atoms with E-state index in [1.54, 1.807) is 27.7 Å². The summed E-state index contributed by atoms with van der Waals surface area (Å²) in [6.45, 7) is 11.1. The molecule has 0 saturated heterocycles. The minimum atomic E-state index is -0.874. The minimum absolute atomic E-state index is 0.129. The van der Waals surface area contributed by atoms with E-state index >= 15 is 0 Å². The van der Waals surface area contributed by atoms with Gasteiger partial charge in [0.15, 0.2) is 5.78 Å². The SMILES string of the molecule is C=C(CCl)C(=O)C(C)(C)OCCCCC(C)(C)O. The predicted octanol–water partition coefficient (Wildman–Crippen LogP) is 3.09. The van der Waals surface area contributed by atoms with E-state index < -0.39 is 11.2 Å². The number of unbranched alkanes of at least 4 members (excludes halogenated alkanes) is 1. The van der Waals surface area contributed by atoms with Gasteiger partial charge in [-0.2, -0.15) is 0 Å². The monoisotopic (exact) mass is 276 g/mol. The van der Waals surface area contributed by atoms with Crippen molar-refractivity contribution in [1.82, 2.24) is 0 Å². The van der Waals surface area contributed by atoms with Crippen LogP contribution in [-0.4, -0.2) is 34.6 Å². The fraction of sp³-hybridized carbons (Fsp3) is 0.786. The first kappa shape index (κ1) is 17.6. The maximum atomic E-state index is 11.9. The van der Waals surface area contributed by atoms with Crippen LogP contribution in [0.3, 0.4) is 0 Å². The molecule has 3 nitrogen and oxygen atoms in total. The Hall–Kier alpha value is -0.380. The quantitative estimate of drug-likeness (QED) is 0.400. The van der Waals surface area contributed by atoms with Crippen LogP contribution in [0.4, 0.5) is 0 Å². The average molecular weight is 277 g/mol. The third-order valence-electron chi connectivity index (χ3n) is 2.68. The van der Waals surface area contributed by atoms with E-state index in [1.165, 1.54) is 0 Å². The first-order valence-electron chi connectivity index (χ1n) is 6.25. The number of alkyl halides is 1. The summed E-state index contributed by atoms with van der Waals surface area (Å²) in [5.41, 5.74) is -1.14. The first-order valence-corrected chi connectivity index (χ1v) is 6.78. The number of ketones is 1. The molecule has 0 unspecified atom stereocenters. The topological polar surface area (TPSA) is 46.5 Å². The minimum Gasteiger partial charge on any atom is -0.390 e. The van der Waals surface area contributed by atoms with Gasteiger partial charge in [-0.1, -0.05) is 6.58 Å². The first-order chi connectivity index (χ1) is 8.10. The van der Waals surface area contributed by atoms with Crippen molar-refractivity contribution in [2.24, 2.45) is 0 Å². The Bertz CT molecular complexity index is 290. The second-order valence-electron chi connectivity index (χ2n) is 5.69. The maximum absolute atomic E-state index is 11.9. The molecule has 0 aliphatic carbocycles. The lowest BCUT2D eigenvalue weighted by Gasteiger charge is -2.24. The largest absolute Gasteiger partial charge is 0.390 e. The average Bonchev–Trinajstić information content (AvgIpc) is 2.24. The van der Waals surface area contributed by atoms with Crippen molar-refractivity contribution in [1.29, 1.82) is 0 Å². The van der Waals surface area contributed by atoms with Crippen molar-refractivity contribution in [3.63, 3.8) is 0 Å². The Morgan fingerprint density at radius 1 is 1.28 bits per heavy atom. The van der Waals surface area contributed by atoms with Gasteiger partial charge in [-0.25, -0.2) is 0 Å². The maximum Gasteiger partial charge on any atom is 0.190 e. The third-order valence-corrected chi connectivity index (χ3v) is 3.00. The fourth-order valence-electron chi connectivity index (χ4n) is 1.54. The molecular formula is C14H25ClO3. The number of hydrogen-bond donors (Lipinski definition) is 1. The summed E-state index contributed by atoms with van der Waals surface area (Å²) in [6.07, 6.45) is 2.40. The Balaban J connectivity index is 3.98. The molecule has 0 spiro atoms. The summed E-state index contributed by atoms with van der Waals surface area (Å²) in [4.78, 5) is 11.9. The number of Topliss-reactive ketones (excluding diaryl/α,β-unsaturated/α-hetero) is 1. The highest BCUT2D eigenvalue weighted by Gasteiger charge is 2.29. The molecule has 0 rings (SSSR count). The molecule has 0 amide bonds.